The van der Waals surface area contributed by atoms with E-state index in [4.69, 9.17) is 9.47 Å². The highest BCUT2D eigenvalue weighted by atomic mass is 16.5. The molecule has 0 spiro atoms. The van der Waals surface area contributed by atoms with E-state index in [0.717, 1.165) is 42.6 Å². The second-order valence-corrected chi connectivity index (χ2v) is 5.45. The van der Waals surface area contributed by atoms with Crippen LogP contribution in [-0.4, -0.2) is 48.6 Å². The van der Waals surface area contributed by atoms with Crippen molar-refractivity contribution >= 4 is 10.9 Å². The SMILES string of the molecule is O[C@@H](CNC[C@@H]1CCCO1)COc1cccc2[nH]ccc12. The molecule has 0 amide bonds. The van der Waals surface area contributed by atoms with Crippen molar-refractivity contribution in [3.63, 3.8) is 0 Å². The number of H-pyrrole nitrogens is 1. The molecule has 1 aromatic carbocycles. The summed E-state index contributed by atoms with van der Waals surface area (Å²) in [5.74, 6) is 0.798. The van der Waals surface area contributed by atoms with Crippen molar-refractivity contribution < 1.29 is 14.6 Å². The lowest BCUT2D eigenvalue weighted by molar-refractivity contribution is 0.0885. The minimum Gasteiger partial charge on any atom is -0.490 e. The molecule has 3 rings (SSSR count). The van der Waals surface area contributed by atoms with Crippen molar-refractivity contribution in [3.8, 4) is 5.75 Å². The number of nitrogens with one attached hydrogen (secondary N) is 2. The summed E-state index contributed by atoms with van der Waals surface area (Å²) in [4.78, 5) is 3.14. The molecule has 1 aliphatic rings. The van der Waals surface area contributed by atoms with Crippen LogP contribution in [0, 0.1) is 0 Å². The Bertz CT molecular complexity index is 563. The molecule has 2 aromatic rings. The summed E-state index contributed by atoms with van der Waals surface area (Å²) in [6.07, 6.45) is 3.90. The van der Waals surface area contributed by atoms with Gasteiger partial charge in [-0.05, 0) is 31.0 Å². The first kappa shape index (κ1) is 14.4. The second-order valence-electron chi connectivity index (χ2n) is 5.45. The van der Waals surface area contributed by atoms with Gasteiger partial charge >= 0.3 is 0 Å². The van der Waals surface area contributed by atoms with Crippen molar-refractivity contribution in [2.45, 2.75) is 25.0 Å². The molecule has 2 atom stereocenters. The number of ether oxygens (including phenoxy) is 2. The maximum Gasteiger partial charge on any atom is 0.128 e. The van der Waals surface area contributed by atoms with E-state index in [-0.39, 0.29) is 6.61 Å². The Morgan fingerprint density at radius 1 is 1.43 bits per heavy atom. The average Bonchev–Trinajstić information content (AvgIpc) is 3.16. The van der Waals surface area contributed by atoms with Crippen molar-refractivity contribution in [1.82, 2.24) is 10.3 Å². The molecule has 21 heavy (non-hydrogen) atoms. The van der Waals surface area contributed by atoms with Crippen LogP contribution in [0.1, 0.15) is 12.8 Å². The van der Waals surface area contributed by atoms with Gasteiger partial charge in [0, 0.05) is 36.8 Å². The van der Waals surface area contributed by atoms with E-state index in [9.17, 15) is 5.11 Å². The highest BCUT2D eigenvalue weighted by molar-refractivity contribution is 5.85. The molecule has 0 saturated carbocycles. The van der Waals surface area contributed by atoms with Crippen LogP contribution in [0.2, 0.25) is 0 Å². The molecule has 3 N–H and O–H groups in total. The van der Waals surface area contributed by atoms with Gasteiger partial charge in [0.25, 0.3) is 0 Å². The van der Waals surface area contributed by atoms with Crippen LogP contribution in [0.3, 0.4) is 0 Å². The van der Waals surface area contributed by atoms with Gasteiger partial charge in [-0.25, -0.2) is 0 Å². The molecule has 1 aliphatic heterocycles. The molecule has 5 nitrogen and oxygen atoms in total. The van der Waals surface area contributed by atoms with Crippen molar-refractivity contribution in [1.29, 1.82) is 0 Å². The standard InChI is InChI=1S/C16H22N2O3/c19-12(9-17-10-13-3-2-8-20-13)11-21-16-5-1-4-15-14(16)6-7-18-15/h1,4-7,12-13,17-19H,2-3,8-11H2/t12-,13-/m0/s1. The fourth-order valence-electron chi connectivity index (χ4n) is 2.64. The summed E-state index contributed by atoms with van der Waals surface area (Å²) >= 11 is 0. The lowest BCUT2D eigenvalue weighted by atomic mass is 10.2. The van der Waals surface area contributed by atoms with Gasteiger partial charge in [0.05, 0.1) is 6.10 Å². The molecule has 0 radical (unpaired) electrons. The van der Waals surface area contributed by atoms with E-state index in [1.807, 2.05) is 30.5 Å². The molecule has 5 heteroatoms. The number of aromatic amines is 1. The molecule has 0 aliphatic carbocycles. The number of aliphatic hydroxyl groups is 1. The number of rotatable bonds is 7. The van der Waals surface area contributed by atoms with Crippen molar-refractivity contribution in [2.24, 2.45) is 0 Å². The zero-order valence-corrected chi connectivity index (χ0v) is 12.0. The number of fused-ring (bicyclic) bond motifs is 1. The first-order valence-corrected chi connectivity index (χ1v) is 7.52. The monoisotopic (exact) mass is 290 g/mol. The van der Waals surface area contributed by atoms with Crippen molar-refractivity contribution in [3.05, 3.63) is 30.5 Å². The summed E-state index contributed by atoms with van der Waals surface area (Å²) in [6.45, 7) is 2.45. The summed E-state index contributed by atoms with van der Waals surface area (Å²) in [7, 11) is 0. The topological polar surface area (TPSA) is 66.5 Å². The van der Waals surface area contributed by atoms with E-state index in [0.29, 0.717) is 12.6 Å². The fraction of sp³-hybridized carbons (Fsp3) is 0.500. The molecular weight excluding hydrogens is 268 g/mol. The van der Waals surface area contributed by atoms with Gasteiger partial charge in [-0.15, -0.1) is 0 Å². The minimum atomic E-state index is -0.527. The zero-order valence-electron chi connectivity index (χ0n) is 12.0. The van der Waals surface area contributed by atoms with E-state index in [1.54, 1.807) is 0 Å². The van der Waals surface area contributed by atoms with Gasteiger partial charge in [0.15, 0.2) is 0 Å². The Labute approximate surface area is 124 Å². The quantitative estimate of drug-likeness (QED) is 0.726. The second kappa shape index (κ2) is 6.93. The molecule has 1 saturated heterocycles. The Balaban J connectivity index is 1.42. The van der Waals surface area contributed by atoms with Gasteiger partial charge < -0.3 is 24.9 Å². The summed E-state index contributed by atoms with van der Waals surface area (Å²) in [5.41, 5.74) is 1.04. The van der Waals surface area contributed by atoms with Gasteiger partial charge in [0.2, 0.25) is 0 Å². The molecular formula is C16H22N2O3. The third-order valence-corrected chi connectivity index (χ3v) is 3.76. The smallest absolute Gasteiger partial charge is 0.128 e. The number of benzene rings is 1. The summed E-state index contributed by atoms with van der Waals surface area (Å²) < 4.78 is 11.2. The highest BCUT2D eigenvalue weighted by Crippen LogP contribution is 2.24. The Morgan fingerprint density at radius 2 is 2.38 bits per heavy atom. The van der Waals surface area contributed by atoms with Crippen LogP contribution in [0.15, 0.2) is 30.5 Å². The van der Waals surface area contributed by atoms with E-state index >= 15 is 0 Å². The van der Waals surface area contributed by atoms with Crippen LogP contribution in [-0.2, 0) is 4.74 Å². The molecule has 1 fully saturated rings. The van der Waals surface area contributed by atoms with Crippen LogP contribution >= 0.6 is 0 Å². The molecule has 114 valence electrons. The lowest BCUT2D eigenvalue weighted by Crippen LogP contribution is -2.35. The van der Waals surface area contributed by atoms with Crippen LogP contribution in [0.25, 0.3) is 10.9 Å². The van der Waals surface area contributed by atoms with Gasteiger partial charge in [-0.2, -0.15) is 0 Å². The Hall–Kier alpha value is -1.56. The van der Waals surface area contributed by atoms with Gasteiger partial charge in [0.1, 0.15) is 18.5 Å². The number of aliphatic hydroxyl groups excluding tert-OH is 1. The third kappa shape index (κ3) is 3.75. The Morgan fingerprint density at radius 3 is 3.24 bits per heavy atom. The van der Waals surface area contributed by atoms with E-state index in [1.165, 1.54) is 0 Å². The normalized spacial score (nSPS) is 20.0. The summed E-state index contributed by atoms with van der Waals surface area (Å²) in [5, 5.41) is 14.2. The first-order valence-electron chi connectivity index (χ1n) is 7.52. The molecule has 2 heterocycles. The van der Waals surface area contributed by atoms with Crippen molar-refractivity contribution in [2.75, 3.05) is 26.3 Å². The van der Waals surface area contributed by atoms with Gasteiger partial charge in [-0.1, -0.05) is 6.07 Å². The van der Waals surface area contributed by atoms with Crippen LogP contribution < -0.4 is 10.1 Å². The number of hydrogen-bond acceptors (Lipinski definition) is 4. The van der Waals surface area contributed by atoms with Gasteiger partial charge in [-0.3, -0.25) is 0 Å². The number of aromatic nitrogens is 1. The predicted octanol–water partition coefficient (Wildman–Crippen LogP) is 1.68. The molecule has 0 bridgehead atoms. The maximum absolute atomic E-state index is 9.97. The lowest BCUT2D eigenvalue weighted by Gasteiger charge is -2.15. The molecule has 1 aromatic heterocycles. The average molecular weight is 290 g/mol. The maximum atomic E-state index is 9.97. The number of hydrogen-bond donors (Lipinski definition) is 3. The first-order chi connectivity index (χ1) is 10.3. The Kier molecular flexibility index (Phi) is 4.75. The highest BCUT2D eigenvalue weighted by Gasteiger charge is 2.15. The minimum absolute atomic E-state index is 0.281. The zero-order chi connectivity index (χ0) is 14.5. The largest absolute Gasteiger partial charge is 0.490 e. The van der Waals surface area contributed by atoms with E-state index in [2.05, 4.69) is 10.3 Å². The molecule has 0 unspecified atom stereocenters. The summed E-state index contributed by atoms with van der Waals surface area (Å²) in [6, 6.07) is 7.84. The van der Waals surface area contributed by atoms with Crippen LogP contribution in [0.5, 0.6) is 5.75 Å². The third-order valence-electron chi connectivity index (χ3n) is 3.76. The van der Waals surface area contributed by atoms with E-state index < -0.39 is 6.10 Å². The fourth-order valence-corrected chi connectivity index (χ4v) is 2.64. The predicted molar refractivity (Wildman–Crippen MR) is 81.6 cm³/mol. The van der Waals surface area contributed by atoms with Crippen LogP contribution in [0.4, 0.5) is 0 Å².